The Kier molecular flexibility index (Phi) is 3.71. The van der Waals surface area contributed by atoms with Crippen LogP contribution in [0.5, 0.6) is 0 Å². The van der Waals surface area contributed by atoms with Gasteiger partial charge in [0.1, 0.15) is 17.5 Å². The summed E-state index contributed by atoms with van der Waals surface area (Å²) in [5, 5.41) is 0.957. The van der Waals surface area contributed by atoms with E-state index in [0.29, 0.717) is 49.6 Å². The summed E-state index contributed by atoms with van der Waals surface area (Å²) in [4.78, 5) is 23.4. The van der Waals surface area contributed by atoms with E-state index in [2.05, 4.69) is 15.0 Å². The minimum atomic E-state index is -0.544. The lowest BCUT2D eigenvalue weighted by Crippen LogP contribution is -2.11. The van der Waals surface area contributed by atoms with Crippen molar-refractivity contribution in [2.75, 3.05) is 0 Å². The van der Waals surface area contributed by atoms with E-state index in [9.17, 15) is 4.79 Å². The monoisotopic (exact) mass is 372 g/mol. The summed E-state index contributed by atoms with van der Waals surface area (Å²) in [6.07, 6.45) is 1.46. The number of imidazole rings is 1. The van der Waals surface area contributed by atoms with E-state index in [4.69, 9.17) is 33.4 Å². The molecular weight excluding hydrogens is 363 g/mol. The number of amides is 1. The molecule has 0 fully saturated rings. The number of rotatable bonds is 3. The number of nitrogens with zero attached hydrogens (tertiary/aromatic N) is 2. The standard InChI is InChI=1S/C17H10Cl2N4O2/c18-8-4-5-9(11(19)6-8)17-22-13(7-25-17)16-21-12-3-1-2-10(15(20)24)14(12)23-16/h1-7H,(H2,20,24)(H,21,23). The Labute approximate surface area is 151 Å². The van der Waals surface area contributed by atoms with Crippen molar-refractivity contribution in [3.05, 3.63) is 58.3 Å². The van der Waals surface area contributed by atoms with Crippen LogP contribution in [0.15, 0.2) is 47.1 Å². The second kappa shape index (κ2) is 5.91. The number of hydrogen-bond donors (Lipinski definition) is 2. The molecule has 0 saturated carbocycles. The van der Waals surface area contributed by atoms with E-state index < -0.39 is 5.91 Å². The molecule has 2 heterocycles. The molecule has 6 nitrogen and oxygen atoms in total. The lowest BCUT2D eigenvalue weighted by atomic mass is 10.2. The Bertz CT molecular complexity index is 1120. The maximum absolute atomic E-state index is 11.5. The topological polar surface area (TPSA) is 97.8 Å². The Hall–Kier alpha value is -2.83. The molecule has 0 unspecified atom stereocenters. The molecule has 0 saturated heterocycles. The lowest BCUT2D eigenvalue weighted by molar-refractivity contribution is 0.100. The van der Waals surface area contributed by atoms with Crippen molar-refractivity contribution < 1.29 is 9.21 Å². The fourth-order valence-corrected chi connectivity index (χ4v) is 3.01. The molecule has 4 aromatic rings. The first-order chi connectivity index (χ1) is 12.0. The predicted molar refractivity (Wildman–Crippen MR) is 95.6 cm³/mol. The van der Waals surface area contributed by atoms with E-state index in [1.165, 1.54) is 6.26 Å². The number of halogens is 2. The average molecular weight is 373 g/mol. The van der Waals surface area contributed by atoms with E-state index in [1.54, 1.807) is 36.4 Å². The average Bonchev–Trinajstić information content (AvgIpc) is 3.20. The highest BCUT2D eigenvalue weighted by molar-refractivity contribution is 6.36. The number of primary amides is 1. The Morgan fingerprint density at radius 3 is 2.76 bits per heavy atom. The van der Waals surface area contributed by atoms with Crippen molar-refractivity contribution in [2.24, 2.45) is 5.73 Å². The number of nitrogens with two attached hydrogens (primary N) is 1. The van der Waals surface area contributed by atoms with Crippen molar-refractivity contribution >= 4 is 40.1 Å². The number of aromatic amines is 1. The van der Waals surface area contributed by atoms with Gasteiger partial charge in [0, 0.05) is 5.02 Å². The van der Waals surface area contributed by atoms with E-state index in [-0.39, 0.29) is 0 Å². The number of aromatic nitrogens is 3. The first-order valence-corrected chi connectivity index (χ1v) is 7.98. The number of para-hydroxylation sites is 1. The van der Waals surface area contributed by atoms with Crippen molar-refractivity contribution in [2.45, 2.75) is 0 Å². The number of H-pyrrole nitrogens is 1. The van der Waals surface area contributed by atoms with Gasteiger partial charge in [0.05, 0.1) is 21.7 Å². The fourth-order valence-electron chi connectivity index (χ4n) is 2.52. The Morgan fingerprint density at radius 1 is 1.16 bits per heavy atom. The summed E-state index contributed by atoms with van der Waals surface area (Å²) >= 11 is 12.1. The number of carbonyl (C=O) groups is 1. The highest BCUT2D eigenvalue weighted by Gasteiger charge is 2.16. The summed E-state index contributed by atoms with van der Waals surface area (Å²) in [5.41, 5.74) is 7.98. The maximum atomic E-state index is 11.5. The minimum Gasteiger partial charge on any atom is -0.444 e. The number of nitrogens with one attached hydrogen (secondary N) is 1. The third kappa shape index (κ3) is 2.75. The number of oxazole rings is 1. The van der Waals surface area contributed by atoms with E-state index in [0.717, 1.165) is 0 Å². The molecule has 0 radical (unpaired) electrons. The van der Waals surface area contributed by atoms with Crippen molar-refractivity contribution in [3.63, 3.8) is 0 Å². The lowest BCUT2D eigenvalue weighted by Gasteiger charge is -1.99. The smallest absolute Gasteiger partial charge is 0.250 e. The highest BCUT2D eigenvalue weighted by Crippen LogP contribution is 2.31. The SMILES string of the molecule is NC(=O)c1cccc2[nH]c(-c3coc(-c4ccc(Cl)cc4Cl)n3)nc12. The third-order valence-corrected chi connectivity index (χ3v) is 4.23. The van der Waals surface area contributed by atoms with Crippen molar-refractivity contribution in [1.29, 1.82) is 0 Å². The normalized spacial score (nSPS) is 11.1. The summed E-state index contributed by atoms with van der Waals surface area (Å²) in [6, 6.07) is 10.2. The molecule has 0 aliphatic carbocycles. The molecule has 0 aliphatic rings. The van der Waals surface area contributed by atoms with Gasteiger partial charge < -0.3 is 15.1 Å². The molecule has 124 valence electrons. The third-order valence-electron chi connectivity index (χ3n) is 3.69. The fraction of sp³-hybridized carbons (Fsp3) is 0. The van der Waals surface area contributed by atoms with Gasteiger partial charge in [-0.3, -0.25) is 4.79 Å². The number of hydrogen-bond acceptors (Lipinski definition) is 4. The van der Waals surface area contributed by atoms with Crippen LogP contribution in [0.25, 0.3) is 34.0 Å². The van der Waals surface area contributed by atoms with Crippen LogP contribution in [0.4, 0.5) is 0 Å². The second-order valence-corrected chi connectivity index (χ2v) is 6.16. The van der Waals surface area contributed by atoms with Crippen LogP contribution >= 0.6 is 23.2 Å². The van der Waals surface area contributed by atoms with Crippen LogP contribution in [0, 0.1) is 0 Å². The van der Waals surface area contributed by atoms with Gasteiger partial charge in [-0.2, -0.15) is 0 Å². The van der Waals surface area contributed by atoms with Gasteiger partial charge in [-0.15, -0.1) is 0 Å². The molecule has 2 aromatic carbocycles. The molecule has 8 heteroatoms. The van der Waals surface area contributed by atoms with Crippen LogP contribution < -0.4 is 5.73 Å². The van der Waals surface area contributed by atoms with Gasteiger partial charge in [-0.25, -0.2) is 9.97 Å². The zero-order valence-corrected chi connectivity index (χ0v) is 14.1. The Morgan fingerprint density at radius 2 is 2.00 bits per heavy atom. The van der Waals surface area contributed by atoms with Gasteiger partial charge in [0.25, 0.3) is 5.91 Å². The molecular formula is C17H10Cl2N4O2. The van der Waals surface area contributed by atoms with Gasteiger partial charge in [0.2, 0.25) is 5.89 Å². The van der Waals surface area contributed by atoms with Crippen LogP contribution in [0.2, 0.25) is 10.0 Å². The van der Waals surface area contributed by atoms with E-state index >= 15 is 0 Å². The molecule has 0 aliphatic heterocycles. The van der Waals surface area contributed by atoms with Gasteiger partial charge in [-0.05, 0) is 30.3 Å². The zero-order chi connectivity index (χ0) is 17.6. The molecule has 0 bridgehead atoms. The predicted octanol–water partition coefficient (Wildman–Crippen LogP) is 4.29. The maximum Gasteiger partial charge on any atom is 0.250 e. The number of carbonyl (C=O) groups excluding carboxylic acids is 1. The largest absolute Gasteiger partial charge is 0.444 e. The first kappa shape index (κ1) is 15.7. The molecule has 2 aromatic heterocycles. The summed E-state index contributed by atoms with van der Waals surface area (Å²) in [7, 11) is 0. The van der Waals surface area contributed by atoms with Crippen LogP contribution in [-0.4, -0.2) is 20.9 Å². The number of fused-ring (bicyclic) bond motifs is 1. The minimum absolute atomic E-state index is 0.337. The van der Waals surface area contributed by atoms with Gasteiger partial charge in [-0.1, -0.05) is 29.3 Å². The quantitative estimate of drug-likeness (QED) is 0.560. The van der Waals surface area contributed by atoms with Crippen molar-refractivity contribution in [1.82, 2.24) is 15.0 Å². The molecule has 0 spiro atoms. The Balaban J connectivity index is 1.79. The van der Waals surface area contributed by atoms with Crippen molar-refractivity contribution in [3.8, 4) is 23.0 Å². The second-order valence-electron chi connectivity index (χ2n) is 5.31. The summed E-state index contributed by atoms with van der Waals surface area (Å²) in [5.74, 6) is 0.258. The summed E-state index contributed by atoms with van der Waals surface area (Å²) in [6.45, 7) is 0. The van der Waals surface area contributed by atoms with Gasteiger partial charge in [0.15, 0.2) is 5.82 Å². The van der Waals surface area contributed by atoms with Crippen LogP contribution in [0.3, 0.4) is 0 Å². The number of benzene rings is 2. The first-order valence-electron chi connectivity index (χ1n) is 7.23. The molecule has 3 N–H and O–H groups in total. The molecule has 1 amide bonds. The van der Waals surface area contributed by atoms with E-state index in [1.807, 2.05) is 0 Å². The highest BCUT2D eigenvalue weighted by atomic mass is 35.5. The van der Waals surface area contributed by atoms with Crippen LogP contribution in [-0.2, 0) is 0 Å². The molecule has 0 atom stereocenters. The zero-order valence-electron chi connectivity index (χ0n) is 12.6. The van der Waals surface area contributed by atoms with Crippen LogP contribution in [0.1, 0.15) is 10.4 Å². The molecule has 25 heavy (non-hydrogen) atoms. The molecule has 4 rings (SSSR count). The van der Waals surface area contributed by atoms with Gasteiger partial charge >= 0.3 is 0 Å². The summed E-state index contributed by atoms with van der Waals surface area (Å²) < 4.78 is 5.51.